The molecule has 30 heavy (non-hydrogen) atoms. The molecule has 7 rings (SSSR count). The number of aromatic nitrogens is 3. The van der Waals surface area contributed by atoms with Crippen molar-refractivity contribution in [1.29, 1.82) is 0 Å². The number of hydrogen-bond donors (Lipinski definition) is 1. The summed E-state index contributed by atoms with van der Waals surface area (Å²) in [6.45, 7) is 0.353. The first-order chi connectivity index (χ1) is 14.5. The van der Waals surface area contributed by atoms with E-state index in [4.69, 9.17) is 0 Å². The van der Waals surface area contributed by atoms with Gasteiger partial charge in [0.1, 0.15) is 11.4 Å². The molecular formula is C22H18FN5O2. The normalized spacial score (nSPS) is 27.7. The van der Waals surface area contributed by atoms with E-state index >= 15 is 0 Å². The largest absolute Gasteiger partial charge is 0.336 e. The summed E-state index contributed by atoms with van der Waals surface area (Å²) in [5.74, 6) is -0.650. The van der Waals surface area contributed by atoms with E-state index in [2.05, 4.69) is 15.4 Å². The van der Waals surface area contributed by atoms with Crippen molar-refractivity contribution in [2.45, 2.75) is 18.0 Å². The van der Waals surface area contributed by atoms with E-state index in [9.17, 15) is 14.0 Å². The first-order valence-corrected chi connectivity index (χ1v) is 9.85. The van der Waals surface area contributed by atoms with E-state index in [-0.39, 0.29) is 29.4 Å². The highest BCUT2D eigenvalue weighted by Gasteiger charge is 2.90. The van der Waals surface area contributed by atoms with Crippen LogP contribution >= 0.6 is 0 Å². The Morgan fingerprint density at radius 1 is 1.20 bits per heavy atom. The Labute approximate surface area is 171 Å². The molecule has 8 heteroatoms. The van der Waals surface area contributed by atoms with Crippen LogP contribution in [0.3, 0.4) is 0 Å². The number of nitrogens with zero attached hydrogens (tertiary/aromatic N) is 4. The number of anilines is 1. The van der Waals surface area contributed by atoms with Gasteiger partial charge >= 0.3 is 0 Å². The minimum Gasteiger partial charge on any atom is -0.336 e. The van der Waals surface area contributed by atoms with Gasteiger partial charge in [-0.3, -0.25) is 19.2 Å². The molecule has 2 amide bonds. The third-order valence-corrected chi connectivity index (χ3v) is 6.55. The van der Waals surface area contributed by atoms with Gasteiger partial charge in [0.15, 0.2) is 11.5 Å². The Bertz CT molecular complexity index is 1200. The van der Waals surface area contributed by atoms with Crippen LogP contribution in [0.1, 0.15) is 27.5 Å². The maximum Gasteiger partial charge on any atom is 0.275 e. The van der Waals surface area contributed by atoms with Gasteiger partial charge in [0.05, 0.1) is 12.7 Å². The number of pyridine rings is 1. The van der Waals surface area contributed by atoms with Crippen molar-refractivity contribution in [3.8, 4) is 0 Å². The van der Waals surface area contributed by atoms with Gasteiger partial charge in [-0.05, 0) is 23.1 Å². The zero-order valence-corrected chi connectivity index (χ0v) is 16.1. The minimum atomic E-state index is -0.979. The summed E-state index contributed by atoms with van der Waals surface area (Å²) in [5, 5.41) is 6.94. The van der Waals surface area contributed by atoms with E-state index in [1.807, 2.05) is 42.5 Å². The number of rotatable bonds is 4. The molecule has 2 aliphatic carbocycles. The standard InChI is InChI=1S/C22H18FN5O2/c1-27-19-13(8-5-9-24-19)15-16-17(15)22(16,21(27)30)25-20(29)18-14(23)11-28(26-18)10-12-6-3-2-4-7-12/h2-9,11,15-17H,10H2,1H3,(H,25,29)/t15-,16+,17?,22+/m0/s1. The van der Waals surface area contributed by atoms with Crippen molar-refractivity contribution in [2.75, 3.05) is 11.9 Å². The zero-order chi connectivity index (χ0) is 20.6. The van der Waals surface area contributed by atoms with Gasteiger partial charge in [-0.1, -0.05) is 36.4 Å². The van der Waals surface area contributed by atoms with Crippen LogP contribution in [0.2, 0.25) is 0 Å². The Kier molecular flexibility index (Phi) is 3.32. The molecule has 2 bridgehead atoms. The van der Waals surface area contributed by atoms with Crippen molar-refractivity contribution >= 4 is 17.6 Å². The number of halogens is 1. The highest BCUT2D eigenvalue weighted by atomic mass is 19.1. The van der Waals surface area contributed by atoms with Crippen LogP contribution in [0, 0.1) is 17.7 Å². The Morgan fingerprint density at radius 2 is 1.97 bits per heavy atom. The molecule has 7 nitrogen and oxygen atoms in total. The van der Waals surface area contributed by atoms with Crippen LogP contribution in [-0.2, 0) is 11.3 Å². The van der Waals surface area contributed by atoms with Crippen molar-refractivity contribution in [1.82, 2.24) is 20.1 Å². The summed E-state index contributed by atoms with van der Waals surface area (Å²) < 4.78 is 15.9. The van der Waals surface area contributed by atoms with Gasteiger partial charge in [-0.2, -0.15) is 5.10 Å². The quantitative estimate of drug-likeness (QED) is 0.722. The van der Waals surface area contributed by atoms with E-state index in [1.54, 1.807) is 13.2 Å². The molecule has 4 heterocycles. The molecule has 2 saturated carbocycles. The summed E-state index contributed by atoms with van der Waals surface area (Å²) in [4.78, 5) is 31.8. The fourth-order valence-electron chi connectivity index (χ4n) is 5.07. The Hall–Kier alpha value is -3.55. The van der Waals surface area contributed by atoms with Gasteiger partial charge in [0.2, 0.25) is 0 Å². The summed E-state index contributed by atoms with van der Waals surface area (Å²) in [7, 11) is 1.66. The first kappa shape index (κ1) is 17.3. The highest BCUT2D eigenvalue weighted by Crippen LogP contribution is 2.82. The zero-order valence-electron chi connectivity index (χ0n) is 16.1. The lowest BCUT2D eigenvalue weighted by atomic mass is 9.93. The van der Waals surface area contributed by atoms with Crippen molar-refractivity contribution < 1.29 is 14.0 Å². The monoisotopic (exact) mass is 403 g/mol. The second-order valence-corrected chi connectivity index (χ2v) is 8.19. The predicted octanol–water partition coefficient (Wildman–Crippen LogP) is 1.95. The maximum atomic E-state index is 14.5. The SMILES string of the molecule is CN1C(=O)[C@]2(NC(=O)c3nn(Cc4ccccc4)cc3F)C3[C@@H](c4cccnc41)[C@H]32. The first-order valence-electron chi connectivity index (χ1n) is 9.85. The molecular weight excluding hydrogens is 385 g/mol. The van der Waals surface area contributed by atoms with Crippen LogP contribution in [-0.4, -0.2) is 39.2 Å². The third-order valence-electron chi connectivity index (χ3n) is 6.55. The number of likely N-dealkylation sites (N-methyl/N-ethyl adjacent to an activating group) is 1. The lowest BCUT2D eigenvalue weighted by Crippen LogP contribution is -2.54. The van der Waals surface area contributed by atoms with Crippen LogP contribution < -0.4 is 10.2 Å². The molecule has 2 fully saturated rings. The number of benzene rings is 1. The van der Waals surface area contributed by atoms with E-state index in [0.29, 0.717) is 12.4 Å². The molecule has 1 aromatic carbocycles. The van der Waals surface area contributed by atoms with Crippen LogP contribution in [0.4, 0.5) is 10.2 Å². The average Bonchev–Trinajstić information content (AvgIpc) is 3.62. The third kappa shape index (κ3) is 2.18. The molecule has 150 valence electrons. The molecule has 1 unspecified atom stereocenters. The number of nitrogens with one attached hydrogen (secondary N) is 1. The minimum absolute atomic E-state index is 0.0383. The van der Waals surface area contributed by atoms with E-state index < -0.39 is 17.3 Å². The van der Waals surface area contributed by atoms with Crippen LogP contribution in [0.15, 0.2) is 54.9 Å². The fraction of sp³-hybridized carbons (Fsp3) is 0.273. The summed E-state index contributed by atoms with van der Waals surface area (Å²) >= 11 is 0. The molecule has 2 aromatic heterocycles. The molecule has 0 saturated heterocycles. The smallest absolute Gasteiger partial charge is 0.275 e. The molecule has 2 aliphatic heterocycles. The average molecular weight is 403 g/mol. The van der Waals surface area contributed by atoms with Crippen molar-refractivity contribution in [3.05, 3.63) is 77.5 Å². The molecule has 0 spiro atoms. The van der Waals surface area contributed by atoms with Gasteiger partial charge in [0.25, 0.3) is 11.8 Å². The van der Waals surface area contributed by atoms with Gasteiger partial charge in [-0.25, -0.2) is 9.37 Å². The van der Waals surface area contributed by atoms with Gasteiger partial charge < -0.3 is 5.32 Å². The lowest BCUT2D eigenvalue weighted by molar-refractivity contribution is -0.122. The number of carbonyl (C=O) groups excluding carboxylic acids is 2. The second kappa shape index (κ2) is 5.75. The number of fused-ring (bicyclic) bond motifs is 1. The number of hydrogen-bond acceptors (Lipinski definition) is 4. The molecule has 4 aliphatic rings. The predicted molar refractivity (Wildman–Crippen MR) is 105 cm³/mol. The summed E-state index contributed by atoms with van der Waals surface area (Å²) in [6, 6.07) is 13.3. The van der Waals surface area contributed by atoms with Crippen LogP contribution in [0.5, 0.6) is 0 Å². The van der Waals surface area contributed by atoms with Crippen molar-refractivity contribution in [3.63, 3.8) is 0 Å². The lowest BCUT2D eigenvalue weighted by Gasteiger charge is -2.25. The van der Waals surface area contributed by atoms with E-state index in [1.165, 1.54) is 15.8 Å². The molecule has 1 N–H and O–H groups in total. The second-order valence-electron chi connectivity index (χ2n) is 8.19. The molecule has 0 radical (unpaired) electrons. The maximum absolute atomic E-state index is 14.5. The van der Waals surface area contributed by atoms with Crippen LogP contribution in [0.25, 0.3) is 0 Å². The Morgan fingerprint density at radius 3 is 2.73 bits per heavy atom. The molecule has 4 atom stereocenters. The number of carbonyl (C=O) groups is 2. The topological polar surface area (TPSA) is 80.1 Å². The van der Waals surface area contributed by atoms with E-state index in [0.717, 1.165) is 11.1 Å². The molecule has 3 aromatic rings. The Balaban J connectivity index is 1.25. The summed E-state index contributed by atoms with van der Waals surface area (Å²) in [5.41, 5.74) is 0.706. The summed E-state index contributed by atoms with van der Waals surface area (Å²) in [6.07, 6.45) is 2.86. The van der Waals surface area contributed by atoms with Gasteiger partial charge in [0, 0.05) is 25.1 Å². The number of amides is 2. The van der Waals surface area contributed by atoms with Crippen molar-refractivity contribution in [2.24, 2.45) is 11.8 Å². The highest BCUT2D eigenvalue weighted by molar-refractivity contribution is 6.10. The van der Waals surface area contributed by atoms with Gasteiger partial charge in [-0.15, -0.1) is 0 Å². The fourth-order valence-corrected chi connectivity index (χ4v) is 5.07.